The fourth-order valence-corrected chi connectivity index (χ4v) is 6.73. The molecule has 1 aromatic heterocycles. The molecule has 0 fully saturated rings. The van der Waals surface area contributed by atoms with Crippen LogP contribution in [0.25, 0.3) is 11.1 Å². The van der Waals surface area contributed by atoms with Crippen LogP contribution in [-0.2, 0) is 52.8 Å². The van der Waals surface area contributed by atoms with E-state index in [1.54, 1.807) is 96.1 Å². The van der Waals surface area contributed by atoms with E-state index < -0.39 is 71.2 Å². The number of benzene rings is 3. The van der Waals surface area contributed by atoms with Crippen molar-refractivity contribution in [3.05, 3.63) is 101 Å². The summed E-state index contributed by atoms with van der Waals surface area (Å²) >= 11 is 0. The molecule has 0 aliphatic carbocycles. The number of unbranched alkanes of at least 4 members (excludes halogenated alkanes) is 1. The Labute approximate surface area is 365 Å². The summed E-state index contributed by atoms with van der Waals surface area (Å²) in [4.78, 5) is 97.4. The summed E-state index contributed by atoms with van der Waals surface area (Å²) < 4.78 is 27.4. The number of alkyl carbamates (subject to hydrolysis) is 2. The molecule has 0 saturated heterocycles. The molecule has 5 rings (SSSR count). The first-order valence-corrected chi connectivity index (χ1v) is 20.7. The van der Waals surface area contributed by atoms with Crippen molar-refractivity contribution in [3.8, 4) is 0 Å². The number of aryl methyl sites for hydroxylation is 1. The highest BCUT2D eigenvalue weighted by atomic mass is 16.6. The van der Waals surface area contributed by atoms with Crippen LogP contribution in [0.15, 0.2) is 77.2 Å². The number of methoxy groups -OCH3 is 1. The summed E-state index contributed by atoms with van der Waals surface area (Å²) in [5.41, 5.74) is 1.04. The quantitative estimate of drug-likeness (QED) is 0.0456. The van der Waals surface area contributed by atoms with Gasteiger partial charge in [0.15, 0.2) is 11.5 Å². The largest absolute Gasteiger partial charge is 0.467 e. The first kappa shape index (κ1) is 47.3. The molecule has 2 heterocycles. The molecule has 1 aliphatic rings. The monoisotopic (exact) mass is 869 g/mol. The van der Waals surface area contributed by atoms with Gasteiger partial charge < -0.3 is 39.3 Å². The van der Waals surface area contributed by atoms with E-state index >= 15 is 0 Å². The van der Waals surface area contributed by atoms with Crippen molar-refractivity contribution in [1.82, 2.24) is 25.8 Å². The standard InChI is InChI=1S/C46H55N5O12/c1-45(2,3)62-42(56)34(49-43(57)60-27-28-16-9-8-10-17-28)26-29-18-15-22-35-37(29)50-36(61-35)24-23-33(41(55)59-7)47-38(52)32(48-44(58)63-46(4,5)6)21-13-14-25-51-39(53)30-19-11-12-20-31(30)40(51)54/h8-12,15-20,22,32-34H,13-14,21,23-27H2,1-7H3,(H,47,52)(H,48,58)(H,49,57)/t32-,33-,34-/m0/s1. The molecule has 63 heavy (non-hydrogen) atoms. The number of fused-ring (bicyclic) bond motifs is 2. The van der Waals surface area contributed by atoms with Crippen LogP contribution in [0, 0.1) is 0 Å². The number of carbonyl (C=O) groups is 7. The molecule has 1 aliphatic heterocycles. The third kappa shape index (κ3) is 13.6. The Balaban J connectivity index is 1.25. The lowest BCUT2D eigenvalue weighted by Crippen LogP contribution is -2.52. The molecule has 0 spiro atoms. The van der Waals surface area contributed by atoms with Crippen molar-refractivity contribution >= 4 is 52.9 Å². The van der Waals surface area contributed by atoms with Crippen LogP contribution >= 0.6 is 0 Å². The van der Waals surface area contributed by atoms with E-state index in [0.29, 0.717) is 40.6 Å². The van der Waals surface area contributed by atoms with Crippen molar-refractivity contribution < 1.29 is 56.9 Å². The Bertz CT molecular complexity index is 2260. The number of aromatic nitrogens is 1. The summed E-state index contributed by atoms with van der Waals surface area (Å²) in [6.45, 7) is 10.3. The van der Waals surface area contributed by atoms with Crippen LogP contribution in [-0.4, -0.2) is 94.7 Å². The number of esters is 2. The summed E-state index contributed by atoms with van der Waals surface area (Å²) in [7, 11) is 1.18. The fraction of sp³-hybridized carbons (Fsp3) is 0.435. The summed E-state index contributed by atoms with van der Waals surface area (Å²) in [6, 6.07) is 17.3. The smallest absolute Gasteiger partial charge is 0.408 e. The molecule has 17 heteroatoms. The number of hydrogen-bond donors (Lipinski definition) is 3. The minimum atomic E-state index is -1.19. The van der Waals surface area contributed by atoms with E-state index in [2.05, 4.69) is 20.9 Å². The van der Waals surface area contributed by atoms with E-state index in [9.17, 15) is 33.6 Å². The molecule has 4 aromatic rings. The average molecular weight is 870 g/mol. The van der Waals surface area contributed by atoms with Crippen LogP contribution in [0.2, 0.25) is 0 Å². The number of nitrogens with zero attached hydrogens (tertiary/aromatic N) is 2. The maximum atomic E-state index is 13.8. The van der Waals surface area contributed by atoms with Gasteiger partial charge >= 0.3 is 24.1 Å². The van der Waals surface area contributed by atoms with E-state index in [1.807, 2.05) is 18.2 Å². The van der Waals surface area contributed by atoms with Gasteiger partial charge in [0.2, 0.25) is 5.91 Å². The molecule has 5 amide bonds. The van der Waals surface area contributed by atoms with Gasteiger partial charge in [0.05, 0.1) is 18.2 Å². The first-order chi connectivity index (χ1) is 29.8. The lowest BCUT2D eigenvalue weighted by Gasteiger charge is -2.25. The molecule has 17 nitrogen and oxygen atoms in total. The Morgan fingerprint density at radius 1 is 0.698 bits per heavy atom. The number of oxazole rings is 1. The maximum absolute atomic E-state index is 13.8. The highest BCUT2D eigenvalue weighted by molar-refractivity contribution is 6.21. The highest BCUT2D eigenvalue weighted by Gasteiger charge is 2.35. The van der Waals surface area contributed by atoms with Crippen LogP contribution < -0.4 is 16.0 Å². The van der Waals surface area contributed by atoms with Crippen molar-refractivity contribution in [2.75, 3.05) is 13.7 Å². The Morgan fingerprint density at radius 3 is 1.97 bits per heavy atom. The Hall–Kier alpha value is -6.78. The summed E-state index contributed by atoms with van der Waals surface area (Å²) in [5.74, 6) is -2.72. The zero-order valence-electron chi connectivity index (χ0n) is 36.6. The molecular weight excluding hydrogens is 815 g/mol. The van der Waals surface area contributed by atoms with E-state index in [1.165, 1.54) is 7.11 Å². The van der Waals surface area contributed by atoms with Crippen LogP contribution in [0.3, 0.4) is 0 Å². The molecule has 0 bridgehead atoms. The van der Waals surface area contributed by atoms with Crippen molar-refractivity contribution in [2.45, 2.75) is 116 Å². The number of rotatable bonds is 18. The molecule has 3 atom stereocenters. The first-order valence-electron chi connectivity index (χ1n) is 20.7. The maximum Gasteiger partial charge on any atom is 0.408 e. The van der Waals surface area contributed by atoms with Gasteiger partial charge in [0, 0.05) is 19.4 Å². The minimum absolute atomic E-state index is 0.00885. The molecule has 3 N–H and O–H groups in total. The third-order valence-electron chi connectivity index (χ3n) is 9.63. The van der Waals surface area contributed by atoms with E-state index in [-0.39, 0.29) is 44.7 Å². The van der Waals surface area contributed by atoms with E-state index in [4.69, 9.17) is 23.4 Å². The number of imide groups is 1. The second-order valence-corrected chi connectivity index (χ2v) is 17.0. The highest BCUT2D eigenvalue weighted by Crippen LogP contribution is 2.25. The predicted octanol–water partition coefficient (Wildman–Crippen LogP) is 5.96. The molecule has 336 valence electrons. The van der Waals surface area contributed by atoms with Gasteiger partial charge in [-0.3, -0.25) is 19.3 Å². The van der Waals surface area contributed by atoms with Gasteiger partial charge in [0.1, 0.15) is 41.5 Å². The normalized spacial score (nSPS) is 14.0. The van der Waals surface area contributed by atoms with Crippen LogP contribution in [0.5, 0.6) is 0 Å². The third-order valence-corrected chi connectivity index (χ3v) is 9.63. The zero-order valence-corrected chi connectivity index (χ0v) is 36.6. The number of hydrogen-bond acceptors (Lipinski definition) is 13. The summed E-state index contributed by atoms with van der Waals surface area (Å²) in [6.07, 6.45) is -0.930. The van der Waals surface area contributed by atoms with Gasteiger partial charge in [-0.05, 0) is 96.6 Å². The topological polar surface area (TPSA) is 222 Å². The number of carbonyl (C=O) groups excluding carboxylic acids is 7. The van der Waals surface area contributed by atoms with Gasteiger partial charge in [-0.25, -0.2) is 24.2 Å². The molecular formula is C46H55N5O12. The predicted molar refractivity (Wildman–Crippen MR) is 228 cm³/mol. The van der Waals surface area contributed by atoms with Crippen LogP contribution in [0.1, 0.15) is 105 Å². The fourth-order valence-electron chi connectivity index (χ4n) is 6.73. The van der Waals surface area contributed by atoms with E-state index in [0.717, 1.165) is 10.5 Å². The molecule has 3 aromatic carbocycles. The molecule has 0 unspecified atom stereocenters. The number of nitrogens with one attached hydrogen (secondary N) is 3. The van der Waals surface area contributed by atoms with Crippen molar-refractivity contribution in [2.24, 2.45) is 0 Å². The molecule has 0 saturated carbocycles. The SMILES string of the molecule is COC(=O)[C@H](CCc1nc2c(C[C@H](NC(=O)OCc3ccccc3)C(=O)OC(C)(C)C)cccc2o1)NC(=O)[C@H](CCCCN1C(=O)c2ccccc2C1=O)NC(=O)OC(C)(C)C. The minimum Gasteiger partial charge on any atom is -0.467 e. The Kier molecular flexibility index (Phi) is 15.7. The second kappa shape index (κ2) is 20.9. The second-order valence-electron chi connectivity index (χ2n) is 17.0. The van der Waals surface area contributed by atoms with Gasteiger partial charge in [-0.1, -0.05) is 54.6 Å². The van der Waals surface area contributed by atoms with Gasteiger partial charge in [-0.2, -0.15) is 0 Å². The van der Waals surface area contributed by atoms with Crippen LogP contribution in [0.4, 0.5) is 9.59 Å². The van der Waals surface area contributed by atoms with Gasteiger partial charge in [0.25, 0.3) is 11.8 Å². The number of amides is 5. The van der Waals surface area contributed by atoms with Gasteiger partial charge in [-0.15, -0.1) is 0 Å². The summed E-state index contributed by atoms with van der Waals surface area (Å²) in [5, 5.41) is 7.89. The molecule has 0 radical (unpaired) electrons. The lowest BCUT2D eigenvalue weighted by molar-refractivity contribution is -0.157. The van der Waals surface area contributed by atoms with Crippen molar-refractivity contribution in [1.29, 1.82) is 0 Å². The lowest BCUT2D eigenvalue weighted by atomic mass is 10.0. The van der Waals surface area contributed by atoms with Crippen molar-refractivity contribution in [3.63, 3.8) is 0 Å². The Morgan fingerprint density at radius 2 is 1.33 bits per heavy atom. The zero-order chi connectivity index (χ0) is 45.9. The number of para-hydroxylation sites is 1. The average Bonchev–Trinajstić information content (AvgIpc) is 3.76. The number of ether oxygens (including phenoxy) is 4.